The van der Waals surface area contributed by atoms with Crippen LogP contribution in [0, 0.1) is 0 Å². The SMILES string of the molecule is Nc1ccc2nc(Oc3cc(Br)ccc3Cl)[nH]c2c1. The van der Waals surface area contributed by atoms with Crippen molar-refractivity contribution in [1.82, 2.24) is 9.97 Å². The lowest BCUT2D eigenvalue weighted by molar-refractivity contribution is 0.449. The molecule has 1 aromatic heterocycles. The van der Waals surface area contributed by atoms with Crippen LogP contribution < -0.4 is 10.5 Å². The summed E-state index contributed by atoms with van der Waals surface area (Å²) < 4.78 is 6.53. The Morgan fingerprint density at radius 1 is 1.21 bits per heavy atom. The number of anilines is 1. The van der Waals surface area contributed by atoms with Crippen molar-refractivity contribution < 1.29 is 4.74 Å². The van der Waals surface area contributed by atoms with E-state index in [2.05, 4.69) is 25.9 Å². The smallest absolute Gasteiger partial charge is 0.300 e. The third kappa shape index (κ3) is 2.52. The van der Waals surface area contributed by atoms with E-state index in [-0.39, 0.29) is 0 Å². The van der Waals surface area contributed by atoms with Crippen LogP contribution >= 0.6 is 27.5 Å². The van der Waals surface area contributed by atoms with Crippen LogP contribution in [0.5, 0.6) is 11.8 Å². The topological polar surface area (TPSA) is 63.9 Å². The summed E-state index contributed by atoms with van der Waals surface area (Å²) in [5.41, 5.74) is 7.99. The van der Waals surface area contributed by atoms with Crippen molar-refractivity contribution in [2.45, 2.75) is 0 Å². The average Bonchev–Trinajstić information content (AvgIpc) is 2.75. The maximum atomic E-state index is 6.06. The number of nitrogen functional groups attached to an aromatic ring is 1. The van der Waals surface area contributed by atoms with Gasteiger partial charge in [0.25, 0.3) is 6.01 Å². The Hall–Kier alpha value is -1.72. The molecule has 3 N–H and O–H groups in total. The molecule has 3 aromatic rings. The van der Waals surface area contributed by atoms with E-state index >= 15 is 0 Å². The van der Waals surface area contributed by atoms with Gasteiger partial charge in [-0.05, 0) is 36.4 Å². The summed E-state index contributed by atoms with van der Waals surface area (Å²) in [6.07, 6.45) is 0. The Kier molecular flexibility index (Phi) is 3.08. The number of nitrogens with zero attached hydrogens (tertiary/aromatic N) is 1. The van der Waals surface area contributed by atoms with Gasteiger partial charge in [-0.15, -0.1) is 0 Å². The van der Waals surface area contributed by atoms with E-state index in [0.29, 0.717) is 22.5 Å². The molecule has 96 valence electrons. The zero-order chi connectivity index (χ0) is 13.4. The molecule has 0 aliphatic carbocycles. The number of rotatable bonds is 2. The predicted octanol–water partition coefficient (Wildman–Crippen LogP) is 4.35. The highest BCUT2D eigenvalue weighted by Crippen LogP contribution is 2.31. The number of fused-ring (bicyclic) bond motifs is 1. The highest BCUT2D eigenvalue weighted by molar-refractivity contribution is 9.10. The zero-order valence-corrected chi connectivity index (χ0v) is 12.0. The van der Waals surface area contributed by atoms with E-state index in [0.717, 1.165) is 15.5 Å². The second kappa shape index (κ2) is 4.75. The van der Waals surface area contributed by atoms with Crippen molar-refractivity contribution in [3.05, 3.63) is 45.9 Å². The van der Waals surface area contributed by atoms with Crippen molar-refractivity contribution in [2.24, 2.45) is 0 Å². The fourth-order valence-electron chi connectivity index (χ4n) is 1.71. The molecule has 1 heterocycles. The zero-order valence-electron chi connectivity index (χ0n) is 9.65. The number of benzene rings is 2. The summed E-state index contributed by atoms with van der Waals surface area (Å²) in [6, 6.07) is 11.2. The second-order valence-corrected chi connectivity index (χ2v) is 5.32. The lowest BCUT2D eigenvalue weighted by Crippen LogP contribution is -1.87. The molecule has 0 fully saturated rings. The minimum absolute atomic E-state index is 0.376. The number of hydrogen-bond acceptors (Lipinski definition) is 3. The fourth-order valence-corrected chi connectivity index (χ4v) is 2.21. The Balaban J connectivity index is 1.98. The monoisotopic (exact) mass is 337 g/mol. The van der Waals surface area contributed by atoms with Gasteiger partial charge >= 0.3 is 0 Å². The minimum atomic E-state index is 0.376. The van der Waals surface area contributed by atoms with E-state index in [1.807, 2.05) is 12.1 Å². The summed E-state index contributed by atoms with van der Waals surface area (Å²) in [5, 5.41) is 0.517. The third-order valence-electron chi connectivity index (χ3n) is 2.58. The predicted molar refractivity (Wildman–Crippen MR) is 79.7 cm³/mol. The number of nitrogens with one attached hydrogen (secondary N) is 1. The number of imidazole rings is 1. The van der Waals surface area contributed by atoms with Gasteiger partial charge in [0.2, 0.25) is 0 Å². The van der Waals surface area contributed by atoms with Gasteiger partial charge in [0.15, 0.2) is 5.75 Å². The molecule has 3 rings (SSSR count). The van der Waals surface area contributed by atoms with Crippen molar-refractivity contribution in [2.75, 3.05) is 5.73 Å². The van der Waals surface area contributed by atoms with Crippen molar-refractivity contribution in [3.63, 3.8) is 0 Å². The summed E-state index contributed by atoms with van der Waals surface area (Å²) >= 11 is 9.43. The lowest BCUT2D eigenvalue weighted by Gasteiger charge is -2.04. The number of H-pyrrole nitrogens is 1. The van der Waals surface area contributed by atoms with Crippen LogP contribution in [0.3, 0.4) is 0 Å². The first-order chi connectivity index (χ1) is 9.11. The van der Waals surface area contributed by atoms with E-state index in [9.17, 15) is 0 Å². The maximum absolute atomic E-state index is 6.06. The Morgan fingerprint density at radius 2 is 2.05 bits per heavy atom. The van der Waals surface area contributed by atoms with Crippen LogP contribution in [0.4, 0.5) is 5.69 Å². The van der Waals surface area contributed by atoms with Crippen molar-refractivity contribution >= 4 is 44.3 Å². The summed E-state index contributed by atoms with van der Waals surface area (Å²) in [6.45, 7) is 0. The molecule has 6 heteroatoms. The molecule has 0 saturated heterocycles. The van der Waals surface area contributed by atoms with Crippen molar-refractivity contribution in [1.29, 1.82) is 0 Å². The van der Waals surface area contributed by atoms with Crippen LogP contribution in [0.25, 0.3) is 11.0 Å². The molecule has 0 radical (unpaired) electrons. The first-order valence-electron chi connectivity index (χ1n) is 5.50. The van der Waals surface area contributed by atoms with E-state index in [1.165, 1.54) is 0 Å². The maximum Gasteiger partial charge on any atom is 0.300 e. The van der Waals surface area contributed by atoms with Gasteiger partial charge in [-0.2, -0.15) is 4.98 Å². The van der Waals surface area contributed by atoms with Gasteiger partial charge < -0.3 is 15.5 Å². The molecule has 0 spiro atoms. The molecule has 0 atom stereocenters. The van der Waals surface area contributed by atoms with Gasteiger partial charge in [-0.25, -0.2) is 0 Å². The fraction of sp³-hybridized carbons (Fsp3) is 0. The Bertz CT molecular complexity index is 757. The van der Waals surface area contributed by atoms with Crippen LogP contribution in [0.15, 0.2) is 40.9 Å². The molecule has 19 heavy (non-hydrogen) atoms. The van der Waals surface area contributed by atoms with Crippen molar-refractivity contribution in [3.8, 4) is 11.8 Å². The molecule has 2 aromatic carbocycles. The number of halogens is 2. The normalized spacial score (nSPS) is 10.8. The highest BCUT2D eigenvalue weighted by Gasteiger charge is 2.08. The molecule has 0 aliphatic rings. The second-order valence-electron chi connectivity index (χ2n) is 4.00. The van der Waals surface area contributed by atoms with Crippen LogP contribution in [-0.4, -0.2) is 9.97 Å². The molecule has 0 amide bonds. The molecule has 0 saturated carbocycles. The number of aromatic amines is 1. The van der Waals surface area contributed by atoms with Crippen LogP contribution in [0.1, 0.15) is 0 Å². The Morgan fingerprint density at radius 3 is 2.89 bits per heavy atom. The summed E-state index contributed by atoms with van der Waals surface area (Å²) in [7, 11) is 0. The standard InChI is InChI=1S/C13H9BrClN3O/c14-7-1-3-9(15)12(5-7)19-13-17-10-4-2-8(16)6-11(10)18-13/h1-6H,16H2,(H,17,18). The first-order valence-corrected chi connectivity index (χ1v) is 6.67. The Labute approximate surface area is 122 Å². The summed E-state index contributed by atoms with van der Waals surface area (Å²) in [5.74, 6) is 0.531. The molecule has 0 bridgehead atoms. The molecule has 0 aliphatic heterocycles. The largest absolute Gasteiger partial charge is 0.424 e. The number of aromatic nitrogens is 2. The molecule has 4 nitrogen and oxygen atoms in total. The average molecular weight is 339 g/mol. The number of ether oxygens (including phenoxy) is 1. The summed E-state index contributed by atoms with van der Waals surface area (Å²) in [4.78, 5) is 7.36. The van der Waals surface area contributed by atoms with Gasteiger partial charge in [0.1, 0.15) is 0 Å². The van der Waals surface area contributed by atoms with E-state index in [1.54, 1.807) is 24.3 Å². The van der Waals surface area contributed by atoms with E-state index in [4.69, 9.17) is 22.1 Å². The van der Waals surface area contributed by atoms with Crippen LogP contribution in [-0.2, 0) is 0 Å². The third-order valence-corrected chi connectivity index (χ3v) is 3.39. The number of hydrogen-bond donors (Lipinski definition) is 2. The first kappa shape index (κ1) is 12.3. The highest BCUT2D eigenvalue weighted by atomic mass is 79.9. The lowest BCUT2D eigenvalue weighted by atomic mass is 10.3. The van der Waals surface area contributed by atoms with Gasteiger partial charge in [0, 0.05) is 10.2 Å². The van der Waals surface area contributed by atoms with Gasteiger partial charge in [-0.1, -0.05) is 27.5 Å². The molecular formula is C13H9BrClN3O. The quantitative estimate of drug-likeness (QED) is 0.683. The minimum Gasteiger partial charge on any atom is -0.424 e. The van der Waals surface area contributed by atoms with Gasteiger partial charge in [-0.3, -0.25) is 0 Å². The molecular weight excluding hydrogens is 330 g/mol. The molecule has 0 unspecified atom stereocenters. The van der Waals surface area contributed by atoms with Crippen LogP contribution in [0.2, 0.25) is 5.02 Å². The van der Waals surface area contributed by atoms with E-state index < -0.39 is 0 Å². The number of nitrogens with two attached hydrogens (primary N) is 1. The van der Waals surface area contributed by atoms with Gasteiger partial charge in [0.05, 0.1) is 16.1 Å².